The van der Waals surface area contributed by atoms with Crippen LogP contribution in [0.25, 0.3) is 0 Å². The molecule has 0 unspecified atom stereocenters. The van der Waals surface area contributed by atoms with Gasteiger partial charge in [0.1, 0.15) is 0 Å². The minimum Gasteiger partial charge on any atom is -0.207 e. The molecule has 2 rings (SSSR count). The summed E-state index contributed by atoms with van der Waals surface area (Å²) in [6.07, 6.45) is 3.08. The lowest BCUT2D eigenvalue weighted by Crippen LogP contribution is -2.44. The first kappa shape index (κ1) is 14.3. The summed E-state index contributed by atoms with van der Waals surface area (Å²) in [5.41, 5.74) is 1.08. The van der Waals surface area contributed by atoms with Gasteiger partial charge in [0.2, 0.25) is 10.0 Å². The zero-order valence-corrected chi connectivity index (χ0v) is 13.4. The van der Waals surface area contributed by atoms with Gasteiger partial charge in [-0.05, 0) is 31.9 Å². The number of rotatable bonds is 3. The largest absolute Gasteiger partial charge is 0.243 e. The van der Waals surface area contributed by atoms with E-state index >= 15 is 0 Å². The fourth-order valence-corrected chi connectivity index (χ4v) is 5.17. The van der Waals surface area contributed by atoms with E-state index in [0.29, 0.717) is 11.4 Å². The lowest BCUT2D eigenvalue weighted by Gasteiger charge is -2.33. The second kappa shape index (κ2) is 5.88. The number of halogens is 1. The van der Waals surface area contributed by atoms with Crippen LogP contribution >= 0.6 is 22.6 Å². The van der Waals surface area contributed by atoms with Crippen molar-refractivity contribution in [2.75, 3.05) is 11.0 Å². The Morgan fingerprint density at radius 1 is 1.28 bits per heavy atom. The third-order valence-electron chi connectivity index (χ3n) is 3.38. The van der Waals surface area contributed by atoms with E-state index in [-0.39, 0.29) is 6.04 Å². The third-order valence-corrected chi connectivity index (χ3v) is 6.36. The van der Waals surface area contributed by atoms with E-state index in [2.05, 4.69) is 22.6 Å². The molecule has 1 aliphatic heterocycles. The van der Waals surface area contributed by atoms with E-state index in [1.165, 1.54) is 0 Å². The first-order chi connectivity index (χ1) is 8.55. The Kier molecular flexibility index (Phi) is 4.66. The van der Waals surface area contributed by atoms with Crippen LogP contribution in [0.5, 0.6) is 0 Å². The second-order valence-electron chi connectivity index (χ2n) is 4.73. The highest BCUT2D eigenvalue weighted by Gasteiger charge is 2.32. The first-order valence-corrected chi connectivity index (χ1v) is 9.17. The maximum atomic E-state index is 12.6. The molecular weight excluding hydrogens is 361 g/mol. The Labute approximate surface area is 123 Å². The molecule has 0 amide bonds. The number of nitrogens with zero attached hydrogens (tertiary/aromatic N) is 1. The molecule has 1 fully saturated rings. The lowest BCUT2D eigenvalue weighted by molar-refractivity contribution is 0.275. The average molecular weight is 379 g/mol. The molecule has 5 heteroatoms. The Morgan fingerprint density at radius 2 is 1.94 bits per heavy atom. The molecule has 0 N–H and O–H groups in total. The molecule has 0 radical (unpaired) electrons. The normalized spacial score (nSPS) is 22.0. The van der Waals surface area contributed by atoms with Crippen molar-refractivity contribution in [2.24, 2.45) is 0 Å². The molecule has 1 saturated heterocycles. The summed E-state index contributed by atoms with van der Waals surface area (Å²) in [6.45, 7) is 2.62. The van der Waals surface area contributed by atoms with Gasteiger partial charge in [-0.2, -0.15) is 4.31 Å². The molecule has 1 aliphatic rings. The fourth-order valence-electron chi connectivity index (χ4n) is 2.29. The van der Waals surface area contributed by atoms with Crippen LogP contribution in [0.15, 0.2) is 29.2 Å². The predicted molar refractivity (Wildman–Crippen MR) is 81.6 cm³/mol. The second-order valence-corrected chi connectivity index (χ2v) is 7.50. The minimum absolute atomic E-state index is 0.158. The summed E-state index contributed by atoms with van der Waals surface area (Å²) in [5, 5.41) is 0. The van der Waals surface area contributed by atoms with Gasteiger partial charge in [0.25, 0.3) is 0 Å². The molecule has 3 nitrogen and oxygen atoms in total. The molecule has 0 saturated carbocycles. The van der Waals surface area contributed by atoms with Gasteiger partial charge in [-0.15, -0.1) is 0 Å². The molecule has 100 valence electrons. The van der Waals surface area contributed by atoms with E-state index < -0.39 is 10.0 Å². The standard InChI is InChI=1S/C13H18INO2S/c1-11-5-7-13(8-6-11)18(16,17)15-9-3-2-4-12(15)10-14/h5-8,12H,2-4,9-10H2,1H3/t12-/m1/s1. The van der Waals surface area contributed by atoms with Crippen LogP contribution < -0.4 is 0 Å². The molecule has 1 atom stereocenters. The first-order valence-electron chi connectivity index (χ1n) is 6.20. The van der Waals surface area contributed by atoms with Gasteiger partial charge >= 0.3 is 0 Å². The lowest BCUT2D eigenvalue weighted by atomic mass is 10.1. The molecular formula is C13H18INO2S. The van der Waals surface area contributed by atoms with Crippen LogP contribution in [0.2, 0.25) is 0 Å². The van der Waals surface area contributed by atoms with Crippen molar-refractivity contribution in [2.45, 2.75) is 37.1 Å². The SMILES string of the molecule is Cc1ccc(S(=O)(=O)N2CCCC[C@@H]2CI)cc1. The highest BCUT2D eigenvalue weighted by molar-refractivity contribution is 14.1. The zero-order chi connectivity index (χ0) is 13.2. The fraction of sp³-hybridized carbons (Fsp3) is 0.538. The van der Waals surface area contributed by atoms with Crippen LogP contribution in [-0.2, 0) is 10.0 Å². The Hall–Kier alpha value is -0.140. The monoisotopic (exact) mass is 379 g/mol. The van der Waals surface area contributed by atoms with Crippen LogP contribution in [0.4, 0.5) is 0 Å². The number of benzene rings is 1. The van der Waals surface area contributed by atoms with E-state index in [1.807, 2.05) is 19.1 Å². The number of sulfonamides is 1. The zero-order valence-electron chi connectivity index (χ0n) is 10.5. The van der Waals surface area contributed by atoms with Gasteiger partial charge in [0.15, 0.2) is 0 Å². The number of hydrogen-bond acceptors (Lipinski definition) is 2. The van der Waals surface area contributed by atoms with E-state index in [4.69, 9.17) is 0 Å². The van der Waals surface area contributed by atoms with Crippen LogP contribution in [0.1, 0.15) is 24.8 Å². The van der Waals surface area contributed by atoms with Gasteiger partial charge in [0, 0.05) is 17.0 Å². The maximum Gasteiger partial charge on any atom is 0.243 e. The van der Waals surface area contributed by atoms with Crippen molar-refractivity contribution in [3.8, 4) is 0 Å². The number of piperidine rings is 1. The van der Waals surface area contributed by atoms with E-state index in [0.717, 1.165) is 29.3 Å². The van der Waals surface area contributed by atoms with Gasteiger partial charge in [-0.25, -0.2) is 8.42 Å². The predicted octanol–water partition coefficient (Wildman–Crippen LogP) is 2.97. The molecule has 1 aromatic rings. The van der Waals surface area contributed by atoms with Gasteiger partial charge < -0.3 is 0 Å². The number of hydrogen-bond donors (Lipinski definition) is 0. The number of aryl methyl sites for hydroxylation is 1. The molecule has 0 aliphatic carbocycles. The molecule has 0 aromatic heterocycles. The Balaban J connectivity index is 2.32. The molecule has 1 aromatic carbocycles. The third kappa shape index (κ3) is 2.88. The van der Waals surface area contributed by atoms with Crippen LogP contribution in [0.3, 0.4) is 0 Å². The Bertz CT molecular complexity index is 498. The van der Waals surface area contributed by atoms with Gasteiger partial charge in [-0.1, -0.05) is 46.7 Å². The van der Waals surface area contributed by atoms with Crippen molar-refractivity contribution < 1.29 is 8.42 Å². The topological polar surface area (TPSA) is 37.4 Å². The summed E-state index contributed by atoms with van der Waals surface area (Å²) in [7, 11) is -3.31. The maximum absolute atomic E-state index is 12.6. The van der Waals surface area contributed by atoms with Crippen molar-refractivity contribution >= 4 is 32.6 Å². The summed E-state index contributed by atoms with van der Waals surface area (Å²) >= 11 is 2.28. The summed E-state index contributed by atoms with van der Waals surface area (Å²) < 4.78 is 27.7. The highest BCUT2D eigenvalue weighted by atomic mass is 127. The minimum atomic E-state index is -3.31. The number of alkyl halides is 1. The summed E-state index contributed by atoms with van der Waals surface area (Å²) in [5.74, 6) is 0. The quantitative estimate of drug-likeness (QED) is 0.598. The van der Waals surface area contributed by atoms with Crippen molar-refractivity contribution in [1.29, 1.82) is 0 Å². The molecule has 0 spiro atoms. The molecule has 1 heterocycles. The van der Waals surface area contributed by atoms with E-state index in [9.17, 15) is 8.42 Å². The van der Waals surface area contributed by atoms with Crippen molar-refractivity contribution in [3.05, 3.63) is 29.8 Å². The molecule has 0 bridgehead atoms. The van der Waals surface area contributed by atoms with Crippen LogP contribution in [0, 0.1) is 6.92 Å². The van der Waals surface area contributed by atoms with E-state index in [1.54, 1.807) is 16.4 Å². The van der Waals surface area contributed by atoms with Crippen molar-refractivity contribution in [3.63, 3.8) is 0 Å². The summed E-state index contributed by atoms with van der Waals surface area (Å²) in [4.78, 5) is 0.421. The average Bonchev–Trinajstić information content (AvgIpc) is 2.39. The van der Waals surface area contributed by atoms with Gasteiger partial charge in [-0.3, -0.25) is 0 Å². The van der Waals surface area contributed by atoms with Crippen LogP contribution in [-0.4, -0.2) is 29.7 Å². The highest BCUT2D eigenvalue weighted by Crippen LogP contribution is 2.26. The van der Waals surface area contributed by atoms with Gasteiger partial charge in [0.05, 0.1) is 4.90 Å². The van der Waals surface area contributed by atoms with Crippen molar-refractivity contribution in [1.82, 2.24) is 4.31 Å². The molecule has 18 heavy (non-hydrogen) atoms. The smallest absolute Gasteiger partial charge is 0.207 e. The summed E-state index contributed by atoms with van der Waals surface area (Å²) in [6, 6.07) is 7.30. The Morgan fingerprint density at radius 3 is 2.56 bits per heavy atom.